The molecule has 0 spiro atoms. The second kappa shape index (κ2) is 6.02. The Balaban J connectivity index is 1.20. The van der Waals surface area contributed by atoms with Crippen LogP contribution in [0.25, 0.3) is 0 Å². The summed E-state index contributed by atoms with van der Waals surface area (Å²) in [5, 5.41) is 0. The van der Waals surface area contributed by atoms with Gasteiger partial charge in [0.25, 0.3) is 0 Å². The first-order valence-electron chi connectivity index (χ1n) is 10.5. The van der Waals surface area contributed by atoms with Gasteiger partial charge in [-0.3, -0.25) is 0 Å². The van der Waals surface area contributed by atoms with Gasteiger partial charge in [0.15, 0.2) is 0 Å². The predicted octanol–water partition coefficient (Wildman–Crippen LogP) is 3.97. The Morgan fingerprint density at radius 3 is 1.63 bits per heavy atom. The van der Waals surface area contributed by atoms with Crippen LogP contribution in [0.3, 0.4) is 0 Å². The van der Waals surface area contributed by atoms with Crippen LogP contribution in [-0.4, -0.2) is 29.0 Å². The van der Waals surface area contributed by atoms with E-state index in [9.17, 15) is 0 Å². The highest BCUT2D eigenvalue weighted by atomic mass is 16.5. The minimum atomic E-state index is 0.0672. The number of pyridine rings is 1. The molecule has 0 bridgehead atoms. The Morgan fingerprint density at radius 2 is 1.10 bits per heavy atom. The molecule has 2 aliphatic heterocycles. The van der Waals surface area contributed by atoms with E-state index in [1.165, 1.54) is 22.3 Å². The first-order chi connectivity index (χ1) is 14.8. The van der Waals surface area contributed by atoms with Crippen molar-refractivity contribution in [3.8, 4) is 0 Å². The molecule has 4 atom stereocenters. The number of hydrogen-bond donors (Lipinski definition) is 0. The van der Waals surface area contributed by atoms with Gasteiger partial charge in [-0.05, 0) is 34.4 Å². The highest BCUT2D eigenvalue weighted by Crippen LogP contribution is 2.42. The zero-order chi connectivity index (χ0) is 19.7. The van der Waals surface area contributed by atoms with Gasteiger partial charge in [0, 0.05) is 12.8 Å². The lowest BCUT2D eigenvalue weighted by atomic mass is 10.1. The quantitative estimate of drug-likeness (QED) is 0.662. The third-order valence-corrected chi connectivity index (χ3v) is 6.52. The van der Waals surface area contributed by atoms with Crippen molar-refractivity contribution in [2.24, 2.45) is 9.98 Å². The molecule has 2 aliphatic carbocycles. The summed E-state index contributed by atoms with van der Waals surface area (Å²) < 4.78 is 12.4. The summed E-state index contributed by atoms with van der Waals surface area (Å²) >= 11 is 0. The summed E-state index contributed by atoms with van der Waals surface area (Å²) in [4.78, 5) is 14.5. The van der Waals surface area contributed by atoms with Crippen molar-refractivity contribution in [1.29, 1.82) is 0 Å². The topological polar surface area (TPSA) is 56.1 Å². The second-order valence-electron chi connectivity index (χ2n) is 8.28. The molecule has 2 aromatic carbocycles. The molecule has 0 saturated carbocycles. The van der Waals surface area contributed by atoms with Gasteiger partial charge in [0.2, 0.25) is 11.8 Å². The van der Waals surface area contributed by atoms with E-state index >= 15 is 0 Å². The van der Waals surface area contributed by atoms with E-state index in [0.29, 0.717) is 11.8 Å². The largest absolute Gasteiger partial charge is 0.470 e. The fourth-order valence-corrected chi connectivity index (χ4v) is 5.12. The van der Waals surface area contributed by atoms with E-state index in [0.717, 1.165) is 24.2 Å². The summed E-state index contributed by atoms with van der Waals surface area (Å²) in [5.74, 6) is 1.23. The molecule has 5 heteroatoms. The van der Waals surface area contributed by atoms with Crippen LogP contribution in [0.15, 0.2) is 76.7 Å². The summed E-state index contributed by atoms with van der Waals surface area (Å²) in [7, 11) is 0. The minimum Gasteiger partial charge on any atom is -0.470 e. The van der Waals surface area contributed by atoms with E-state index in [1.807, 2.05) is 18.2 Å². The van der Waals surface area contributed by atoms with Gasteiger partial charge in [-0.15, -0.1) is 0 Å². The number of aliphatic imine (C=N–C) groups is 2. The van der Waals surface area contributed by atoms with E-state index in [1.54, 1.807) is 0 Å². The molecule has 4 aliphatic rings. The highest BCUT2D eigenvalue weighted by Gasteiger charge is 2.41. The molecular weight excluding hydrogens is 374 g/mol. The average Bonchev–Trinajstić information content (AvgIpc) is 3.52. The number of fused-ring (bicyclic) bond motifs is 6. The average molecular weight is 393 g/mol. The number of nitrogens with zero attached hydrogens (tertiary/aromatic N) is 3. The zero-order valence-corrected chi connectivity index (χ0v) is 16.2. The van der Waals surface area contributed by atoms with Gasteiger partial charge in [0.05, 0.1) is 0 Å². The van der Waals surface area contributed by atoms with E-state index in [4.69, 9.17) is 24.4 Å². The first kappa shape index (κ1) is 16.3. The van der Waals surface area contributed by atoms with Gasteiger partial charge in [-0.2, -0.15) is 0 Å². The van der Waals surface area contributed by atoms with Crippen LogP contribution >= 0.6 is 0 Å². The third-order valence-electron chi connectivity index (χ3n) is 6.52. The first-order valence-corrected chi connectivity index (χ1v) is 10.5. The number of benzene rings is 2. The lowest BCUT2D eigenvalue weighted by molar-refractivity contribution is 0.205. The van der Waals surface area contributed by atoms with Crippen LogP contribution in [0.1, 0.15) is 45.7 Å². The number of rotatable bonds is 2. The van der Waals surface area contributed by atoms with E-state index in [-0.39, 0.29) is 24.3 Å². The lowest BCUT2D eigenvalue weighted by Gasteiger charge is -2.10. The van der Waals surface area contributed by atoms with Crippen LogP contribution in [0.5, 0.6) is 0 Å². The van der Waals surface area contributed by atoms with Crippen molar-refractivity contribution >= 4 is 11.8 Å². The summed E-state index contributed by atoms with van der Waals surface area (Å²) in [6.07, 6.45) is 1.93. The Labute approximate surface area is 174 Å². The van der Waals surface area contributed by atoms with Gasteiger partial charge in [0.1, 0.15) is 35.7 Å². The molecule has 0 N–H and O–H groups in total. The third kappa shape index (κ3) is 2.32. The molecular formula is C25H19N3O2. The van der Waals surface area contributed by atoms with Crippen molar-refractivity contribution in [2.75, 3.05) is 0 Å². The van der Waals surface area contributed by atoms with Gasteiger partial charge in [-0.25, -0.2) is 15.0 Å². The molecule has 30 heavy (non-hydrogen) atoms. The van der Waals surface area contributed by atoms with Crippen LogP contribution in [0.2, 0.25) is 0 Å². The molecule has 3 heterocycles. The molecule has 0 fully saturated rings. The fourth-order valence-electron chi connectivity index (χ4n) is 5.12. The number of ether oxygens (including phenoxy) is 2. The summed E-state index contributed by atoms with van der Waals surface area (Å²) in [6.45, 7) is 0. The normalized spacial score (nSPS) is 27.3. The standard InChI is InChI=1S/C25H19N3O2/c1-3-8-16-14(6-1)12-20-22(16)27-24(29-20)18-10-5-11-19(26-18)25-28-23-17-9-4-2-7-15(17)13-21(23)30-25/h1-11,20-23H,12-13H2/t20-,21-,22-,23+/m1/s1. The maximum Gasteiger partial charge on any atom is 0.236 e. The lowest BCUT2D eigenvalue weighted by Crippen LogP contribution is -2.17. The summed E-state index contributed by atoms with van der Waals surface area (Å²) in [5.41, 5.74) is 6.67. The highest BCUT2D eigenvalue weighted by molar-refractivity contribution is 5.97. The molecule has 0 saturated heterocycles. The monoisotopic (exact) mass is 393 g/mol. The van der Waals surface area contributed by atoms with Crippen LogP contribution in [0.4, 0.5) is 0 Å². The second-order valence-corrected chi connectivity index (χ2v) is 8.28. The molecule has 0 radical (unpaired) electrons. The van der Waals surface area contributed by atoms with Crippen LogP contribution in [0, 0.1) is 0 Å². The van der Waals surface area contributed by atoms with Crippen LogP contribution < -0.4 is 0 Å². The fraction of sp³-hybridized carbons (Fsp3) is 0.240. The zero-order valence-electron chi connectivity index (χ0n) is 16.2. The Bertz CT molecular complexity index is 1160. The van der Waals surface area contributed by atoms with Crippen molar-refractivity contribution in [2.45, 2.75) is 37.1 Å². The molecule has 0 amide bonds. The minimum absolute atomic E-state index is 0.0672. The molecule has 3 aromatic rings. The predicted molar refractivity (Wildman–Crippen MR) is 113 cm³/mol. The van der Waals surface area contributed by atoms with Gasteiger partial charge in [-0.1, -0.05) is 54.6 Å². The van der Waals surface area contributed by atoms with Crippen LogP contribution in [-0.2, 0) is 22.3 Å². The Morgan fingerprint density at radius 1 is 0.600 bits per heavy atom. The SMILES string of the molecule is c1cc(C2=N[C@@H]3c4ccccc4C[C@H]3O2)nc(C2=N[C@H]3c4ccccc4C[C@H]3O2)c1. The van der Waals surface area contributed by atoms with Crippen molar-refractivity contribution in [3.63, 3.8) is 0 Å². The molecule has 1 aromatic heterocycles. The van der Waals surface area contributed by atoms with E-state index < -0.39 is 0 Å². The maximum atomic E-state index is 6.20. The van der Waals surface area contributed by atoms with E-state index in [2.05, 4.69) is 48.5 Å². The smallest absolute Gasteiger partial charge is 0.236 e. The molecule has 0 unspecified atom stereocenters. The molecule has 146 valence electrons. The number of hydrogen-bond acceptors (Lipinski definition) is 5. The van der Waals surface area contributed by atoms with Gasteiger partial charge < -0.3 is 9.47 Å². The molecule has 5 nitrogen and oxygen atoms in total. The van der Waals surface area contributed by atoms with Gasteiger partial charge >= 0.3 is 0 Å². The van der Waals surface area contributed by atoms with Crippen molar-refractivity contribution in [1.82, 2.24) is 4.98 Å². The van der Waals surface area contributed by atoms with Crippen molar-refractivity contribution in [3.05, 3.63) is 100 Å². The maximum absolute atomic E-state index is 6.20. The molecule has 7 rings (SSSR count). The Kier molecular flexibility index (Phi) is 3.28. The van der Waals surface area contributed by atoms with Crippen molar-refractivity contribution < 1.29 is 9.47 Å². The Hall–Kier alpha value is -3.47. The summed E-state index contributed by atoms with van der Waals surface area (Å²) in [6, 6.07) is 22.9. The number of aromatic nitrogens is 1.